The molecule has 0 saturated carbocycles. The molecule has 1 rings (SSSR count). The quantitative estimate of drug-likeness (QED) is 0.158. The third-order valence-corrected chi connectivity index (χ3v) is 4.62. The Labute approximate surface area is 182 Å². The number of hydrogen-bond acceptors (Lipinski definition) is 4. The summed E-state index contributed by atoms with van der Waals surface area (Å²) in [6, 6.07) is 10.0. The lowest BCUT2D eigenvalue weighted by atomic mass is 10.1. The third kappa shape index (κ3) is 15.4. The SMILES string of the molecule is CCCCCCCCCCC#CCOC(=O)/C=C/C(=O)OCCCc1ccccc1. The lowest BCUT2D eigenvalue weighted by Crippen LogP contribution is -2.06. The van der Waals surface area contributed by atoms with E-state index in [0.29, 0.717) is 6.61 Å². The molecule has 4 heteroatoms. The van der Waals surface area contributed by atoms with E-state index in [0.717, 1.165) is 37.8 Å². The Bertz CT molecular complexity index is 667. The minimum Gasteiger partial charge on any atom is -0.463 e. The van der Waals surface area contributed by atoms with Crippen LogP contribution in [0.5, 0.6) is 0 Å². The van der Waals surface area contributed by atoms with Crippen molar-refractivity contribution in [2.45, 2.75) is 77.6 Å². The zero-order chi connectivity index (χ0) is 21.7. The van der Waals surface area contributed by atoms with Gasteiger partial charge in [0.2, 0.25) is 0 Å². The van der Waals surface area contributed by atoms with Crippen LogP contribution in [0.15, 0.2) is 42.5 Å². The molecule has 0 amide bonds. The van der Waals surface area contributed by atoms with Crippen LogP contribution in [0.4, 0.5) is 0 Å². The Balaban J connectivity index is 1.98. The van der Waals surface area contributed by atoms with Crippen LogP contribution in [-0.4, -0.2) is 25.2 Å². The highest BCUT2D eigenvalue weighted by molar-refractivity contribution is 5.91. The van der Waals surface area contributed by atoms with Crippen molar-refractivity contribution in [3.63, 3.8) is 0 Å². The van der Waals surface area contributed by atoms with E-state index in [1.165, 1.54) is 50.5 Å². The summed E-state index contributed by atoms with van der Waals surface area (Å²) in [4.78, 5) is 23.1. The second-order valence-corrected chi connectivity index (χ2v) is 7.28. The summed E-state index contributed by atoms with van der Waals surface area (Å²) >= 11 is 0. The van der Waals surface area contributed by atoms with Gasteiger partial charge in [-0.05, 0) is 24.8 Å². The second-order valence-electron chi connectivity index (χ2n) is 7.28. The molecule has 0 unspecified atom stereocenters. The standard InChI is InChI=1S/C26H36O4/c1-2-3-4-5-6-7-8-9-10-11-15-22-29-25(27)20-21-26(28)30-23-16-19-24-17-13-12-14-18-24/h12-14,17-18,20-21H,2-10,16,19,22-23H2,1H3/b21-20+. The van der Waals surface area contributed by atoms with Gasteiger partial charge < -0.3 is 9.47 Å². The molecule has 0 bridgehead atoms. The van der Waals surface area contributed by atoms with E-state index in [4.69, 9.17) is 9.47 Å². The van der Waals surface area contributed by atoms with E-state index in [2.05, 4.69) is 18.8 Å². The van der Waals surface area contributed by atoms with Gasteiger partial charge in [0, 0.05) is 18.6 Å². The first-order valence-corrected chi connectivity index (χ1v) is 11.2. The Morgan fingerprint density at radius 1 is 0.800 bits per heavy atom. The van der Waals surface area contributed by atoms with Crippen LogP contribution in [0.1, 0.15) is 76.7 Å². The molecular formula is C26H36O4. The molecule has 0 aliphatic heterocycles. The molecule has 0 aliphatic rings. The van der Waals surface area contributed by atoms with Gasteiger partial charge in [-0.1, -0.05) is 94.0 Å². The maximum absolute atomic E-state index is 11.6. The highest BCUT2D eigenvalue weighted by atomic mass is 16.5. The van der Waals surface area contributed by atoms with Gasteiger partial charge in [-0.25, -0.2) is 9.59 Å². The summed E-state index contributed by atoms with van der Waals surface area (Å²) in [5, 5.41) is 0. The number of carbonyl (C=O) groups excluding carboxylic acids is 2. The van der Waals surface area contributed by atoms with E-state index >= 15 is 0 Å². The third-order valence-electron chi connectivity index (χ3n) is 4.62. The molecule has 1 aromatic rings. The molecule has 4 nitrogen and oxygen atoms in total. The van der Waals surface area contributed by atoms with Crippen LogP contribution >= 0.6 is 0 Å². The minimum absolute atomic E-state index is 0.0479. The topological polar surface area (TPSA) is 52.6 Å². The number of carbonyl (C=O) groups is 2. The van der Waals surface area contributed by atoms with Gasteiger partial charge in [0.05, 0.1) is 6.61 Å². The molecule has 0 spiro atoms. The Kier molecular flexibility index (Phi) is 15.7. The Morgan fingerprint density at radius 2 is 1.43 bits per heavy atom. The van der Waals surface area contributed by atoms with Crippen molar-refractivity contribution in [2.24, 2.45) is 0 Å². The van der Waals surface area contributed by atoms with Gasteiger partial charge in [0.1, 0.15) is 0 Å². The van der Waals surface area contributed by atoms with Gasteiger partial charge in [0.25, 0.3) is 0 Å². The largest absolute Gasteiger partial charge is 0.463 e. The maximum atomic E-state index is 11.6. The monoisotopic (exact) mass is 412 g/mol. The Hall–Kier alpha value is -2.54. The van der Waals surface area contributed by atoms with Crippen LogP contribution < -0.4 is 0 Å². The van der Waals surface area contributed by atoms with E-state index in [9.17, 15) is 9.59 Å². The zero-order valence-corrected chi connectivity index (χ0v) is 18.4. The van der Waals surface area contributed by atoms with E-state index in [1.807, 2.05) is 30.3 Å². The van der Waals surface area contributed by atoms with Crippen molar-refractivity contribution < 1.29 is 19.1 Å². The normalized spacial score (nSPS) is 10.4. The summed E-state index contributed by atoms with van der Waals surface area (Å²) in [6.07, 6.45) is 14.8. The van der Waals surface area contributed by atoms with Gasteiger partial charge in [-0.2, -0.15) is 0 Å². The van der Waals surface area contributed by atoms with Gasteiger partial charge in [-0.15, -0.1) is 0 Å². The van der Waals surface area contributed by atoms with Gasteiger partial charge in [-0.3, -0.25) is 0 Å². The minimum atomic E-state index is -0.586. The van der Waals surface area contributed by atoms with Crippen LogP contribution in [0.3, 0.4) is 0 Å². The van der Waals surface area contributed by atoms with Gasteiger partial charge >= 0.3 is 11.9 Å². The molecule has 0 aliphatic carbocycles. The molecule has 0 radical (unpaired) electrons. The summed E-state index contributed by atoms with van der Waals surface area (Å²) < 4.78 is 10.0. The molecule has 1 aromatic carbocycles. The Morgan fingerprint density at radius 3 is 2.13 bits per heavy atom. The summed E-state index contributed by atoms with van der Waals surface area (Å²) in [6.45, 7) is 2.60. The molecule has 0 heterocycles. The number of aryl methyl sites for hydroxylation is 1. The van der Waals surface area contributed by atoms with E-state index < -0.39 is 11.9 Å². The predicted molar refractivity (Wildman–Crippen MR) is 121 cm³/mol. The van der Waals surface area contributed by atoms with Crippen molar-refractivity contribution in [3.05, 3.63) is 48.0 Å². The number of unbranched alkanes of at least 4 members (excludes halogenated alkanes) is 8. The number of rotatable bonds is 15. The van der Waals surface area contributed by atoms with Gasteiger partial charge in [0.15, 0.2) is 6.61 Å². The van der Waals surface area contributed by atoms with Crippen molar-refractivity contribution in [1.82, 2.24) is 0 Å². The lowest BCUT2D eigenvalue weighted by Gasteiger charge is -2.02. The van der Waals surface area contributed by atoms with Crippen LogP contribution in [-0.2, 0) is 25.5 Å². The first kappa shape index (κ1) is 25.5. The van der Waals surface area contributed by atoms with E-state index in [1.54, 1.807) is 0 Å². The average Bonchev–Trinajstić information content (AvgIpc) is 2.76. The molecule has 0 N–H and O–H groups in total. The highest BCUT2D eigenvalue weighted by Crippen LogP contribution is 2.09. The molecule has 0 atom stereocenters. The predicted octanol–water partition coefficient (Wildman–Crippen LogP) is 5.80. The fourth-order valence-electron chi connectivity index (χ4n) is 2.92. The fraction of sp³-hybridized carbons (Fsp3) is 0.538. The van der Waals surface area contributed by atoms with Crippen LogP contribution in [0.25, 0.3) is 0 Å². The van der Waals surface area contributed by atoms with E-state index in [-0.39, 0.29) is 6.61 Å². The second kappa shape index (κ2) is 18.5. The first-order valence-electron chi connectivity index (χ1n) is 11.2. The number of ether oxygens (including phenoxy) is 2. The number of esters is 2. The van der Waals surface area contributed by atoms with Crippen molar-refractivity contribution in [3.8, 4) is 11.8 Å². The summed E-state index contributed by atoms with van der Waals surface area (Å²) in [5.74, 6) is 4.73. The first-order chi connectivity index (χ1) is 14.7. The van der Waals surface area contributed by atoms with Crippen molar-refractivity contribution in [1.29, 1.82) is 0 Å². The molecule has 0 aromatic heterocycles. The van der Waals surface area contributed by atoms with Crippen LogP contribution in [0, 0.1) is 11.8 Å². The molecule has 30 heavy (non-hydrogen) atoms. The molecular weight excluding hydrogens is 376 g/mol. The summed E-state index contributed by atoms with van der Waals surface area (Å²) in [7, 11) is 0. The highest BCUT2D eigenvalue weighted by Gasteiger charge is 2.01. The zero-order valence-electron chi connectivity index (χ0n) is 18.4. The number of hydrogen-bond donors (Lipinski definition) is 0. The summed E-state index contributed by atoms with van der Waals surface area (Å²) in [5.41, 5.74) is 1.20. The lowest BCUT2D eigenvalue weighted by molar-refractivity contribution is -0.139. The van der Waals surface area contributed by atoms with Crippen molar-refractivity contribution in [2.75, 3.05) is 13.2 Å². The number of benzene rings is 1. The molecule has 0 saturated heterocycles. The van der Waals surface area contributed by atoms with Crippen LogP contribution in [0.2, 0.25) is 0 Å². The van der Waals surface area contributed by atoms with Crippen molar-refractivity contribution >= 4 is 11.9 Å². The maximum Gasteiger partial charge on any atom is 0.331 e. The molecule has 0 fully saturated rings. The fourth-order valence-corrected chi connectivity index (χ4v) is 2.92. The smallest absolute Gasteiger partial charge is 0.331 e. The molecule has 164 valence electrons. The average molecular weight is 413 g/mol.